The van der Waals surface area contributed by atoms with E-state index in [-0.39, 0.29) is 37.5 Å². The van der Waals surface area contributed by atoms with Crippen LogP contribution >= 0.6 is 0 Å². The topological polar surface area (TPSA) is 110 Å². The lowest BCUT2D eigenvalue weighted by Gasteiger charge is -2.38. The van der Waals surface area contributed by atoms with Crippen LogP contribution in [0.3, 0.4) is 0 Å². The molecule has 0 radical (unpaired) electrons. The highest BCUT2D eigenvalue weighted by Gasteiger charge is 2.46. The molecule has 0 aliphatic heterocycles. The summed E-state index contributed by atoms with van der Waals surface area (Å²) < 4.78 is 6.65. The molecular weight excluding hydrogens is 1130 g/mol. The Kier molecular flexibility index (Phi) is 22.4. The number of hydrogen-bond donors (Lipinski definition) is 5. The van der Waals surface area contributed by atoms with E-state index in [4.69, 9.17) is 4.43 Å². The lowest BCUT2D eigenvalue weighted by atomic mass is 9.70. The van der Waals surface area contributed by atoms with Crippen molar-refractivity contribution in [2.45, 2.75) is 254 Å². The number of phenolic OH excluding ortho intramolecular Hbond substituents is 2. The van der Waals surface area contributed by atoms with Gasteiger partial charge >= 0.3 is 0 Å². The summed E-state index contributed by atoms with van der Waals surface area (Å²) in [5, 5.41) is 51.0. The number of benzene rings is 6. The molecule has 9 rings (SSSR count). The number of rotatable bonds is 17. The van der Waals surface area contributed by atoms with Crippen molar-refractivity contribution in [2.24, 2.45) is 16.2 Å². The predicted molar refractivity (Wildman–Crippen MR) is 383 cm³/mol. The second-order valence-electron chi connectivity index (χ2n) is 29.8. The van der Waals surface area contributed by atoms with Gasteiger partial charge in [0.15, 0.2) is 0 Å². The van der Waals surface area contributed by atoms with Gasteiger partial charge in [0.1, 0.15) is 35.6 Å². The van der Waals surface area contributed by atoms with Gasteiger partial charge in [0, 0.05) is 49.2 Å². The van der Waals surface area contributed by atoms with Crippen LogP contribution in [-0.2, 0) is 16.2 Å². The maximum atomic E-state index is 10.4. The quantitative estimate of drug-likeness (QED) is 0.0460. The molecule has 0 spiro atoms. The highest BCUT2D eigenvalue weighted by atomic mass is 28.4. The fraction of sp³-hybridized carbons (Fsp3) is 0.500. The Hall–Kier alpha value is -6.50. The second kappa shape index (κ2) is 28.4. The summed E-state index contributed by atoms with van der Waals surface area (Å²) in [5.74, 6) is 20.6. The van der Waals surface area contributed by atoms with Crippen LogP contribution in [0, 0.1) is 93.3 Å². The minimum Gasteiger partial charge on any atom is -0.543 e. The lowest BCUT2D eigenvalue weighted by molar-refractivity contribution is 0.158. The normalized spacial score (nSPS) is 16.3. The van der Waals surface area contributed by atoms with Gasteiger partial charge in [-0.15, -0.1) is 0 Å². The SMILES string of the molecule is CCC(CC)(c1ccc(C#CC(O)C2(C)CC2)c(C)c1)c1ccc(O[Si](C)(C)C(C)(C)C)c(C)c1.CCC(CC)(c1ccc(O)c(C)c1)c1ccc(C#CC(O)C2(C)CC2)c(C)c1.CCC(CC)(c1ccc(O)c(C)c1)c1ccc(C#CC(O)C2(C)CC2)c(C)c1. The van der Waals surface area contributed by atoms with E-state index in [1.807, 2.05) is 26.0 Å². The van der Waals surface area contributed by atoms with Crippen molar-refractivity contribution in [1.29, 1.82) is 0 Å². The zero-order chi connectivity index (χ0) is 67.3. The summed E-state index contributed by atoms with van der Waals surface area (Å²) in [6.07, 6.45) is 10.7. The van der Waals surface area contributed by atoms with Gasteiger partial charge in [-0.05, 0) is 240 Å². The third-order valence-corrected chi connectivity index (χ3v) is 26.8. The average molecular weight is 1240 g/mol. The van der Waals surface area contributed by atoms with Gasteiger partial charge in [-0.2, -0.15) is 0 Å². The Balaban J connectivity index is 0.000000196. The van der Waals surface area contributed by atoms with Crippen LogP contribution in [0.15, 0.2) is 109 Å². The van der Waals surface area contributed by atoms with Gasteiger partial charge in [-0.3, -0.25) is 0 Å². The van der Waals surface area contributed by atoms with E-state index in [2.05, 4.69) is 244 Å². The maximum Gasteiger partial charge on any atom is 0.250 e. The molecule has 0 amide bonds. The molecule has 6 aromatic rings. The van der Waals surface area contributed by atoms with Crippen molar-refractivity contribution in [1.82, 2.24) is 0 Å². The molecule has 91 heavy (non-hydrogen) atoms. The van der Waals surface area contributed by atoms with Crippen molar-refractivity contribution in [3.63, 3.8) is 0 Å². The Bertz CT molecular complexity index is 3580. The van der Waals surface area contributed by atoms with Gasteiger partial charge in [0.05, 0.1) is 0 Å². The predicted octanol–water partition coefficient (Wildman–Crippen LogP) is 19.6. The van der Waals surface area contributed by atoms with E-state index >= 15 is 0 Å². The van der Waals surface area contributed by atoms with Crippen LogP contribution in [0.5, 0.6) is 17.2 Å². The summed E-state index contributed by atoms with van der Waals surface area (Å²) in [6.45, 7) is 43.6. The maximum absolute atomic E-state index is 10.4. The summed E-state index contributed by atoms with van der Waals surface area (Å²) >= 11 is 0. The molecule has 0 aromatic heterocycles. The van der Waals surface area contributed by atoms with E-state index in [9.17, 15) is 25.5 Å². The molecule has 0 bridgehead atoms. The van der Waals surface area contributed by atoms with Crippen molar-refractivity contribution < 1.29 is 30.0 Å². The van der Waals surface area contributed by atoms with Gasteiger partial charge in [-0.25, -0.2) is 0 Å². The first-order chi connectivity index (χ1) is 42.7. The molecule has 3 aliphatic carbocycles. The zero-order valence-electron chi connectivity index (χ0n) is 59.3. The Morgan fingerprint density at radius 2 is 0.637 bits per heavy atom. The van der Waals surface area contributed by atoms with Crippen molar-refractivity contribution >= 4 is 8.32 Å². The van der Waals surface area contributed by atoms with Crippen molar-refractivity contribution in [2.75, 3.05) is 0 Å². The van der Waals surface area contributed by atoms with Crippen LogP contribution in [0.4, 0.5) is 0 Å². The van der Waals surface area contributed by atoms with E-state index in [0.29, 0.717) is 11.5 Å². The molecule has 3 unspecified atom stereocenters. The largest absolute Gasteiger partial charge is 0.543 e. The summed E-state index contributed by atoms with van der Waals surface area (Å²) in [4.78, 5) is 0. The van der Waals surface area contributed by atoms with E-state index in [0.717, 1.165) is 122 Å². The second-order valence-corrected chi connectivity index (χ2v) is 34.5. The van der Waals surface area contributed by atoms with Crippen LogP contribution in [0.25, 0.3) is 0 Å². The molecule has 7 heteroatoms. The van der Waals surface area contributed by atoms with Crippen LogP contribution in [0.2, 0.25) is 18.1 Å². The Morgan fingerprint density at radius 3 is 0.857 bits per heavy atom. The molecule has 3 aliphatic rings. The Labute approximate surface area is 551 Å². The molecule has 3 fully saturated rings. The highest BCUT2D eigenvalue weighted by Crippen LogP contribution is 2.50. The number of aliphatic hydroxyl groups excluding tert-OH is 3. The number of aliphatic hydroxyl groups is 3. The van der Waals surface area contributed by atoms with Crippen molar-refractivity contribution in [3.8, 4) is 52.8 Å². The number of aromatic hydroxyl groups is 2. The lowest BCUT2D eigenvalue weighted by Crippen LogP contribution is -2.44. The number of aryl methyl sites for hydroxylation is 6. The van der Waals surface area contributed by atoms with Gasteiger partial charge in [-0.1, -0.05) is 191 Å². The number of hydrogen-bond acceptors (Lipinski definition) is 6. The van der Waals surface area contributed by atoms with Crippen LogP contribution in [0.1, 0.15) is 244 Å². The molecule has 486 valence electrons. The monoisotopic (exact) mass is 1240 g/mol. The van der Waals surface area contributed by atoms with E-state index < -0.39 is 26.6 Å². The molecule has 5 N–H and O–H groups in total. The Morgan fingerprint density at radius 1 is 0.396 bits per heavy atom. The van der Waals surface area contributed by atoms with Gasteiger partial charge in [0.2, 0.25) is 8.32 Å². The van der Waals surface area contributed by atoms with E-state index in [1.165, 1.54) is 44.5 Å². The minimum absolute atomic E-state index is 0.00125. The average Bonchev–Trinajstić information content (AvgIpc) is 1.60. The molecule has 0 saturated heterocycles. The molecule has 6 aromatic carbocycles. The van der Waals surface area contributed by atoms with Gasteiger partial charge in [0.25, 0.3) is 0 Å². The fourth-order valence-electron chi connectivity index (χ4n) is 12.8. The summed E-state index contributed by atoms with van der Waals surface area (Å²) in [7, 11) is -1.89. The third-order valence-electron chi connectivity index (χ3n) is 22.5. The van der Waals surface area contributed by atoms with Crippen molar-refractivity contribution in [3.05, 3.63) is 193 Å². The first kappa shape index (κ1) is 71.9. The zero-order valence-corrected chi connectivity index (χ0v) is 60.3. The standard InChI is InChI=1S/C32H46O2Si.2C26H32O2/c1-11-32(12-2,27-16-17-28(24(4)22-27)34-35(9,10)30(5,6)7)26-15-13-25(23(3)21-26)14-18-29(33)31(8)19-20-31;2*1-6-26(7-2,22-11-12-23(27)19(4)17-22)21-10-8-20(18(3)16-21)9-13-24(28)25(5)14-15-25/h13,15-17,21-22,29,33H,11-12,19-20H2,1-10H3;2*8,10-12,16-17,24,27-28H,6-7,14-15H2,1-5H3. The fourth-order valence-corrected chi connectivity index (χ4v) is 13.9. The first-order valence-electron chi connectivity index (χ1n) is 34.0. The molecule has 0 heterocycles. The summed E-state index contributed by atoms with van der Waals surface area (Å²) in [6, 6.07) is 38.4. The molecule has 6 nitrogen and oxygen atoms in total. The molecule has 3 atom stereocenters. The third kappa shape index (κ3) is 15.8. The first-order valence-corrected chi connectivity index (χ1v) is 36.9. The highest BCUT2D eigenvalue weighted by molar-refractivity contribution is 6.74. The smallest absolute Gasteiger partial charge is 0.250 e. The summed E-state index contributed by atoms with van der Waals surface area (Å²) in [5.41, 5.74) is 16.9. The minimum atomic E-state index is -1.89. The molecular formula is C84H110O6Si. The molecule has 3 saturated carbocycles. The number of phenols is 2. The van der Waals surface area contributed by atoms with Crippen LogP contribution in [-0.4, -0.2) is 52.2 Å². The van der Waals surface area contributed by atoms with Gasteiger partial charge < -0.3 is 30.0 Å². The van der Waals surface area contributed by atoms with Crippen LogP contribution < -0.4 is 4.43 Å². The van der Waals surface area contributed by atoms with E-state index in [1.54, 1.807) is 12.1 Å².